The maximum atomic E-state index is 14.0. The molecular weight excluding hydrogens is 514 g/mol. The Bertz CT molecular complexity index is 1400. The Kier molecular flexibility index (Phi) is 9.75. The monoisotopic (exact) mass is 551 g/mol. The molecule has 1 atom stereocenters. The van der Waals surface area contributed by atoms with Gasteiger partial charge in [0.2, 0.25) is 11.8 Å². The van der Waals surface area contributed by atoms with Gasteiger partial charge in [-0.05, 0) is 74.2 Å². The summed E-state index contributed by atoms with van der Waals surface area (Å²) in [4.78, 5) is 28.4. The number of nitrogens with zero attached hydrogens (tertiary/aromatic N) is 2. The number of methoxy groups -OCH3 is 1. The first-order valence-corrected chi connectivity index (χ1v) is 14.3. The Morgan fingerprint density at radius 3 is 2.10 bits per heavy atom. The third-order valence-corrected chi connectivity index (χ3v) is 8.44. The molecule has 0 aliphatic carbocycles. The molecule has 2 amide bonds. The number of carbonyl (C=O) groups excluding carboxylic acids is 2. The van der Waals surface area contributed by atoms with Gasteiger partial charge in [0, 0.05) is 13.6 Å². The Balaban J connectivity index is 2.09. The smallest absolute Gasteiger partial charge is 0.264 e. The second-order valence-corrected chi connectivity index (χ2v) is 11.4. The number of sulfonamides is 1. The number of ether oxygens (including phenoxy) is 1. The van der Waals surface area contributed by atoms with E-state index < -0.39 is 28.5 Å². The molecule has 1 unspecified atom stereocenters. The summed E-state index contributed by atoms with van der Waals surface area (Å²) >= 11 is 0. The van der Waals surface area contributed by atoms with E-state index >= 15 is 0 Å². The standard InChI is InChI=1S/C30H37N3O5S/c1-7-27(30(35)31-5)32(19-24-12-14-25(38-6)15-13-24)29(34)20-33(28-18-22(3)8-11-23(28)4)39(36,37)26-16-9-21(2)10-17-26/h8-18,27H,7,19-20H2,1-6H3,(H,31,35). The van der Waals surface area contributed by atoms with Gasteiger partial charge in [0.15, 0.2) is 0 Å². The van der Waals surface area contributed by atoms with Crippen LogP contribution in [0.15, 0.2) is 71.6 Å². The van der Waals surface area contributed by atoms with Gasteiger partial charge in [-0.15, -0.1) is 0 Å². The molecule has 1 N–H and O–H groups in total. The van der Waals surface area contributed by atoms with Crippen LogP contribution in [0.5, 0.6) is 5.75 Å². The second-order valence-electron chi connectivity index (χ2n) is 9.52. The lowest BCUT2D eigenvalue weighted by Crippen LogP contribution is -2.51. The van der Waals surface area contributed by atoms with E-state index in [9.17, 15) is 18.0 Å². The summed E-state index contributed by atoms with van der Waals surface area (Å²) in [5, 5.41) is 2.63. The van der Waals surface area contributed by atoms with Crippen molar-refractivity contribution in [1.82, 2.24) is 10.2 Å². The average molecular weight is 552 g/mol. The summed E-state index contributed by atoms with van der Waals surface area (Å²) < 4.78 is 34.4. The number of rotatable bonds is 11. The minimum atomic E-state index is -4.11. The first-order valence-electron chi connectivity index (χ1n) is 12.8. The lowest BCUT2D eigenvalue weighted by Gasteiger charge is -2.33. The van der Waals surface area contributed by atoms with Crippen molar-refractivity contribution >= 4 is 27.5 Å². The van der Waals surface area contributed by atoms with Crippen molar-refractivity contribution in [2.45, 2.75) is 51.6 Å². The van der Waals surface area contributed by atoms with Gasteiger partial charge in [-0.3, -0.25) is 13.9 Å². The van der Waals surface area contributed by atoms with Gasteiger partial charge in [0.25, 0.3) is 10.0 Å². The normalized spacial score (nSPS) is 11.9. The van der Waals surface area contributed by atoms with Crippen LogP contribution in [0, 0.1) is 20.8 Å². The molecule has 0 saturated heterocycles. The van der Waals surface area contributed by atoms with E-state index in [0.717, 1.165) is 21.0 Å². The maximum absolute atomic E-state index is 14.0. The highest BCUT2D eigenvalue weighted by Crippen LogP contribution is 2.29. The zero-order chi connectivity index (χ0) is 28.7. The first kappa shape index (κ1) is 29.7. The van der Waals surface area contributed by atoms with Crippen molar-refractivity contribution < 1.29 is 22.7 Å². The van der Waals surface area contributed by atoms with Gasteiger partial charge in [-0.1, -0.05) is 48.9 Å². The number of carbonyl (C=O) groups is 2. The van der Waals surface area contributed by atoms with Gasteiger partial charge in [-0.25, -0.2) is 8.42 Å². The lowest BCUT2D eigenvalue weighted by atomic mass is 10.1. The van der Waals surface area contributed by atoms with Crippen LogP contribution in [0.4, 0.5) is 5.69 Å². The minimum Gasteiger partial charge on any atom is -0.497 e. The number of benzene rings is 3. The number of likely N-dealkylation sites (N-methyl/N-ethyl adjacent to an activating group) is 1. The van der Waals surface area contributed by atoms with E-state index in [0.29, 0.717) is 23.4 Å². The zero-order valence-corrected chi connectivity index (χ0v) is 24.2. The van der Waals surface area contributed by atoms with Crippen LogP contribution in [0.25, 0.3) is 0 Å². The SMILES string of the molecule is CCC(C(=O)NC)N(Cc1ccc(OC)cc1)C(=O)CN(c1cc(C)ccc1C)S(=O)(=O)c1ccc(C)cc1. The van der Waals surface area contributed by atoms with E-state index in [2.05, 4.69) is 5.32 Å². The highest BCUT2D eigenvalue weighted by Gasteiger charge is 2.34. The summed E-state index contributed by atoms with van der Waals surface area (Å²) in [6, 6.07) is 18.5. The Hall–Kier alpha value is -3.85. The van der Waals surface area contributed by atoms with E-state index in [1.165, 1.54) is 11.9 Å². The molecule has 3 aromatic rings. The molecule has 3 rings (SSSR count). The van der Waals surface area contributed by atoms with Crippen LogP contribution >= 0.6 is 0 Å². The Morgan fingerprint density at radius 1 is 0.923 bits per heavy atom. The molecule has 0 saturated carbocycles. The molecule has 0 spiro atoms. The van der Waals surface area contributed by atoms with Crippen LogP contribution in [0.3, 0.4) is 0 Å². The van der Waals surface area contributed by atoms with E-state index in [1.807, 2.05) is 52.0 Å². The number of hydrogen-bond acceptors (Lipinski definition) is 5. The van der Waals surface area contributed by atoms with Gasteiger partial charge < -0.3 is 15.0 Å². The van der Waals surface area contributed by atoms with Crippen molar-refractivity contribution in [1.29, 1.82) is 0 Å². The highest BCUT2D eigenvalue weighted by atomic mass is 32.2. The van der Waals surface area contributed by atoms with Crippen molar-refractivity contribution in [2.24, 2.45) is 0 Å². The molecule has 0 fully saturated rings. The molecule has 0 bridgehead atoms. The summed E-state index contributed by atoms with van der Waals surface area (Å²) in [5.41, 5.74) is 3.70. The van der Waals surface area contributed by atoms with Crippen LogP contribution in [0.2, 0.25) is 0 Å². The molecule has 3 aromatic carbocycles. The number of hydrogen-bond donors (Lipinski definition) is 1. The number of anilines is 1. The Morgan fingerprint density at radius 2 is 1.54 bits per heavy atom. The molecule has 0 aromatic heterocycles. The second kappa shape index (κ2) is 12.8. The molecule has 8 nitrogen and oxygen atoms in total. The first-order chi connectivity index (χ1) is 18.5. The Labute approximate surface area is 231 Å². The summed E-state index contributed by atoms with van der Waals surface area (Å²) in [6.07, 6.45) is 0.357. The largest absolute Gasteiger partial charge is 0.497 e. The van der Waals surface area contributed by atoms with E-state index in [-0.39, 0.29) is 17.3 Å². The van der Waals surface area contributed by atoms with Crippen molar-refractivity contribution in [3.63, 3.8) is 0 Å². The number of amides is 2. The third kappa shape index (κ3) is 6.97. The number of aryl methyl sites for hydroxylation is 3. The van der Waals surface area contributed by atoms with Crippen molar-refractivity contribution in [3.8, 4) is 5.75 Å². The average Bonchev–Trinajstić information content (AvgIpc) is 2.93. The van der Waals surface area contributed by atoms with Crippen LogP contribution in [0.1, 0.15) is 35.6 Å². The zero-order valence-electron chi connectivity index (χ0n) is 23.4. The topological polar surface area (TPSA) is 96.0 Å². The van der Waals surface area contributed by atoms with Crippen LogP contribution in [-0.2, 0) is 26.2 Å². The molecule has 0 heterocycles. The van der Waals surface area contributed by atoms with E-state index in [4.69, 9.17) is 4.74 Å². The lowest BCUT2D eigenvalue weighted by molar-refractivity contribution is -0.140. The predicted octanol–water partition coefficient (Wildman–Crippen LogP) is 4.37. The predicted molar refractivity (Wildman–Crippen MR) is 153 cm³/mol. The highest BCUT2D eigenvalue weighted by molar-refractivity contribution is 7.92. The van der Waals surface area contributed by atoms with Crippen molar-refractivity contribution in [2.75, 3.05) is 25.0 Å². The molecular formula is C30H37N3O5S. The quantitative estimate of drug-likeness (QED) is 0.382. The molecule has 9 heteroatoms. The van der Waals surface area contributed by atoms with Gasteiger partial charge >= 0.3 is 0 Å². The fourth-order valence-corrected chi connectivity index (χ4v) is 5.82. The summed E-state index contributed by atoms with van der Waals surface area (Å²) in [6.45, 7) is 7.04. The summed E-state index contributed by atoms with van der Waals surface area (Å²) in [7, 11) is -1.02. The number of nitrogens with one attached hydrogen (secondary N) is 1. The fraction of sp³-hybridized carbons (Fsp3) is 0.333. The van der Waals surface area contributed by atoms with Gasteiger partial charge in [-0.2, -0.15) is 0 Å². The molecule has 208 valence electrons. The maximum Gasteiger partial charge on any atom is 0.264 e. The van der Waals surface area contributed by atoms with Crippen LogP contribution in [-0.4, -0.2) is 51.9 Å². The minimum absolute atomic E-state index is 0.0850. The molecule has 0 radical (unpaired) electrons. The van der Waals surface area contributed by atoms with Crippen LogP contribution < -0.4 is 14.4 Å². The summed E-state index contributed by atoms with van der Waals surface area (Å²) in [5.74, 6) is -0.142. The molecule has 0 aliphatic heterocycles. The van der Waals surface area contributed by atoms with Gasteiger partial charge in [0.05, 0.1) is 17.7 Å². The molecule has 0 aliphatic rings. The van der Waals surface area contributed by atoms with Crippen molar-refractivity contribution in [3.05, 3.63) is 89.0 Å². The third-order valence-electron chi connectivity index (χ3n) is 6.67. The van der Waals surface area contributed by atoms with Gasteiger partial charge in [0.1, 0.15) is 18.3 Å². The molecule has 39 heavy (non-hydrogen) atoms. The fourth-order valence-electron chi connectivity index (χ4n) is 4.35. The van der Waals surface area contributed by atoms with E-state index in [1.54, 1.807) is 49.6 Å².